The van der Waals surface area contributed by atoms with E-state index < -0.39 is 16.2 Å². The minimum Gasteiger partial charge on any atom is -0.258 e. The number of benzene rings is 3. The highest BCUT2D eigenvalue weighted by Crippen LogP contribution is 2.49. The predicted octanol–water partition coefficient (Wildman–Crippen LogP) is 5.23. The van der Waals surface area contributed by atoms with E-state index in [1.54, 1.807) is 0 Å². The Labute approximate surface area is 162 Å². The first-order valence-corrected chi connectivity index (χ1v) is 11.4. The summed E-state index contributed by atoms with van der Waals surface area (Å²) in [6.07, 6.45) is 1.03. The lowest BCUT2D eigenvalue weighted by Crippen LogP contribution is -2.44. The van der Waals surface area contributed by atoms with Crippen molar-refractivity contribution in [3.05, 3.63) is 108 Å². The van der Waals surface area contributed by atoms with Crippen LogP contribution in [0.25, 0.3) is 0 Å². The summed E-state index contributed by atoms with van der Waals surface area (Å²) in [7, 11) is -0.886. The van der Waals surface area contributed by atoms with Crippen LogP contribution >= 0.6 is 11.8 Å². The summed E-state index contributed by atoms with van der Waals surface area (Å²) in [6.45, 7) is 0. The smallest absolute Gasteiger partial charge is 0.0978 e. The third kappa shape index (κ3) is 3.04. The molecule has 0 bridgehead atoms. The number of hydrogen-bond donors (Lipinski definition) is 0. The molecule has 0 N–H and O–H groups in total. The van der Waals surface area contributed by atoms with Crippen LogP contribution in [0.2, 0.25) is 0 Å². The Kier molecular flexibility index (Phi) is 5.28. The van der Waals surface area contributed by atoms with Gasteiger partial charge in [-0.15, -0.1) is 11.8 Å². The molecule has 3 heteroatoms. The second-order valence-corrected chi connectivity index (χ2v) is 9.70. The average Bonchev–Trinajstić information content (AvgIpc) is 2.72. The fourth-order valence-electron chi connectivity index (χ4n) is 3.91. The minimum atomic E-state index is -0.886. The van der Waals surface area contributed by atoms with Crippen molar-refractivity contribution in [2.45, 2.75) is 16.4 Å². The zero-order chi connectivity index (χ0) is 17.8. The SMILES string of the molecule is O=[S@]1CCCS[C@H]1C(c1ccccc1)(c1ccccc1)c1ccccc1. The van der Waals surface area contributed by atoms with Crippen LogP contribution in [0.15, 0.2) is 91.0 Å². The van der Waals surface area contributed by atoms with E-state index in [1.807, 2.05) is 11.8 Å². The van der Waals surface area contributed by atoms with Gasteiger partial charge in [0.2, 0.25) is 0 Å². The van der Waals surface area contributed by atoms with Crippen molar-refractivity contribution in [2.75, 3.05) is 11.5 Å². The zero-order valence-corrected chi connectivity index (χ0v) is 16.2. The van der Waals surface area contributed by atoms with Gasteiger partial charge in [-0.3, -0.25) is 4.21 Å². The second-order valence-electron chi connectivity index (χ2n) is 6.55. The van der Waals surface area contributed by atoms with Crippen molar-refractivity contribution in [1.29, 1.82) is 0 Å². The molecule has 1 saturated heterocycles. The van der Waals surface area contributed by atoms with E-state index in [2.05, 4.69) is 91.0 Å². The van der Waals surface area contributed by atoms with Crippen LogP contribution in [0.4, 0.5) is 0 Å². The van der Waals surface area contributed by atoms with E-state index in [0.29, 0.717) is 0 Å². The van der Waals surface area contributed by atoms with E-state index in [4.69, 9.17) is 0 Å². The Bertz CT molecular complexity index is 766. The zero-order valence-electron chi connectivity index (χ0n) is 14.6. The topological polar surface area (TPSA) is 17.1 Å². The van der Waals surface area contributed by atoms with E-state index in [9.17, 15) is 4.21 Å². The first kappa shape index (κ1) is 17.6. The van der Waals surface area contributed by atoms with Crippen LogP contribution in [0, 0.1) is 0 Å². The molecular weight excluding hydrogens is 356 g/mol. The maximum absolute atomic E-state index is 13.3. The molecule has 4 rings (SSSR count). The normalized spacial score (nSPS) is 20.6. The molecule has 2 atom stereocenters. The molecule has 3 aromatic rings. The van der Waals surface area contributed by atoms with Gasteiger partial charge < -0.3 is 0 Å². The summed E-state index contributed by atoms with van der Waals surface area (Å²) in [4.78, 5) is 0. The lowest BCUT2D eigenvalue weighted by molar-refractivity contribution is 0.632. The molecule has 0 aromatic heterocycles. The molecule has 1 aliphatic rings. The average molecular weight is 379 g/mol. The minimum absolute atomic E-state index is 0.00319. The van der Waals surface area contributed by atoms with Gasteiger partial charge in [0, 0.05) is 16.6 Å². The molecule has 1 aliphatic heterocycles. The van der Waals surface area contributed by atoms with Crippen molar-refractivity contribution >= 4 is 22.6 Å². The van der Waals surface area contributed by atoms with Gasteiger partial charge in [-0.05, 0) is 28.9 Å². The molecule has 0 radical (unpaired) electrons. The molecule has 0 spiro atoms. The van der Waals surface area contributed by atoms with Gasteiger partial charge in [-0.1, -0.05) is 91.0 Å². The van der Waals surface area contributed by atoms with Gasteiger partial charge in [0.25, 0.3) is 0 Å². The van der Waals surface area contributed by atoms with Gasteiger partial charge in [-0.2, -0.15) is 0 Å². The van der Waals surface area contributed by atoms with E-state index in [-0.39, 0.29) is 4.58 Å². The quantitative estimate of drug-likeness (QED) is 0.578. The van der Waals surface area contributed by atoms with E-state index in [0.717, 1.165) is 17.9 Å². The number of thioether (sulfide) groups is 1. The molecule has 132 valence electrons. The van der Waals surface area contributed by atoms with Crippen LogP contribution in [-0.4, -0.2) is 20.3 Å². The summed E-state index contributed by atoms with van der Waals surface area (Å²) in [5.41, 5.74) is 3.22. The Hall–Kier alpha value is -1.84. The highest BCUT2D eigenvalue weighted by atomic mass is 32.2. The van der Waals surface area contributed by atoms with Gasteiger partial charge >= 0.3 is 0 Å². The third-order valence-corrected chi connectivity index (χ3v) is 8.79. The Morgan fingerprint density at radius 2 is 1.15 bits per heavy atom. The fraction of sp³-hybridized carbons (Fsp3) is 0.217. The van der Waals surface area contributed by atoms with Crippen LogP contribution in [-0.2, 0) is 16.2 Å². The van der Waals surface area contributed by atoms with Crippen molar-refractivity contribution in [3.63, 3.8) is 0 Å². The number of rotatable bonds is 4. The molecular formula is C23H22OS2. The molecule has 26 heavy (non-hydrogen) atoms. The summed E-state index contributed by atoms with van der Waals surface area (Å²) in [6, 6.07) is 31.8. The van der Waals surface area contributed by atoms with Crippen LogP contribution in [0.5, 0.6) is 0 Å². The summed E-state index contributed by atoms with van der Waals surface area (Å²) in [5.74, 6) is 1.84. The highest BCUT2D eigenvalue weighted by Gasteiger charge is 2.47. The molecule has 0 saturated carbocycles. The van der Waals surface area contributed by atoms with E-state index in [1.165, 1.54) is 16.7 Å². The van der Waals surface area contributed by atoms with Gasteiger partial charge in [0.1, 0.15) is 0 Å². The van der Waals surface area contributed by atoms with Crippen molar-refractivity contribution in [1.82, 2.24) is 0 Å². The molecule has 0 amide bonds. The number of hydrogen-bond acceptors (Lipinski definition) is 2. The Balaban J connectivity index is 2.05. The molecule has 1 fully saturated rings. The Morgan fingerprint density at radius 3 is 1.54 bits per heavy atom. The predicted molar refractivity (Wildman–Crippen MR) is 113 cm³/mol. The van der Waals surface area contributed by atoms with Gasteiger partial charge in [0.15, 0.2) is 0 Å². The first-order chi connectivity index (χ1) is 12.8. The Morgan fingerprint density at radius 1 is 0.731 bits per heavy atom. The van der Waals surface area contributed by atoms with Crippen LogP contribution < -0.4 is 0 Å². The molecule has 0 unspecified atom stereocenters. The summed E-state index contributed by atoms with van der Waals surface area (Å²) >= 11 is 1.86. The summed E-state index contributed by atoms with van der Waals surface area (Å²) in [5, 5.41) is 0. The lowest BCUT2D eigenvalue weighted by Gasteiger charge is -2.43. The third-order valence-electron chi connectivity index (χ3n) is 5.04. The van der Waals surface area contributed by atoms with E-state index >= 15 is 0 Å². The molecule has 0 aliphatic carbocycles. The standard InChI is InChI=1S/C23H22OS2/c24-26-18-10-17-25-22(26)23(19-11-4-1-5-12-19,20-13-6-2-7-14-20)21-15-8-3-9-16-21/h1-9,11-16,22H,10,17-18H2/t22-,26+/m1/s1. The molecule has 1 heterocycles. The largest absolute Gasteiger partial charge is 0.258 e. The monoisotopic (exact) mass is 378 g/mol. The van der Waals surface area contributed by atoms with Crippen LogP contribution in [0.1, 0.15) is 23.1 Å². The highest BCUT2D eigenvalue weighted by molar-refractivity contribution is 8.12. The van der Waals surface area contributed by atoms with Crippen molar-refractivity contribution < 1.29 is 4.21 Å². The first-order valence-electron chi connectivity index (χ1n) is 8.99. The maximum atomic E-state index is 13.3. The second kappa shape index (κ2) is 7.81. The van der Waals surface area contributed by atoms with Crippen LogP contribution in [0.3, 0.4) is 0 Å². The van der Waals surface area contributed by atoms with Gasteiger partial charge in [-0.25, -0.2) is 0 Å². The maximum Gasteiger partial charge on any atom is 0.0978 e. The molecule has 3 aromatic carbocycles. The van der Waals surface area contributed by atoms with Crippen molar-refractivity contribution in [2.24, 2.45) is 0 Å². The van der Waals surface area contributed by atoms with Crippen molar-refractivity contribution in [3.8, 4) is 0 Å². The molecule has 1 nitrogen and oxygen atoms in total. The summed E-state index contributed by atoms with van der Waals surface area (Å²) < 4.78 is 13.3. The lowest BCUT2D eigenvalue weighted by atomic mass is 9.70. The fourth-order valence-corrected chi connectivity index (χ4v) is 7.90. The van der Waals surface area contributed by atoms with Gasteiger partial charge in [0.05, 0.1) is 10.00 Å².